The number of benzene rings is 3. The molecule has 4 heterocycles. The van der Waals surface area contributed by atoms with E-state index in [4.69, 9.17) is 4.74 Å². The molecule has 3 aromatic carbocycles. The number of amides is 1. The van der Waals surface area contributed by atoms with Crippen molar-refractivity contribution in [1.29, 1.82) is 0 Å². The highest BCUT2D eigenvalue weighted by Crippen LogP contribution is 2.47. The fourth-order valence-corrected chi connectivity index (χ4v) is 7.97. The van der Waals surface area contributed by atoms with Crippen LogP contribution in [0.3, 0.4) is 0 Å². The Morgan fingerprint density at radius 1 is 1.09 bits per heavy atom. The van der Waals surface area contributed by atoms with Gasteiger partial charge in [-0.15, -0.1) is 0 Å². The van der Waals surface area contributed by atoms with E-state index >= 15 is 4.39 Å². The van der Waals surface area contributed by atoms with E-state index in [2.05, 4.69) is 22.6 Å². The topological polar surface area (TPSA) is 99.1 Å². The Morgan fingerprint density at radius 3 is 2.46 bits per heavy atom. The summed E-state index contributed by atoms with van der Waals surface area (Å²) in [5.41, 5.74) is -0.498. The lowest BCUT2D eigenvalue weighted by molar-refractivity contribution is -0.243. The van der Waals surface area contributed by atoms with E-state index in [0.717, 1.165) is 36.6 Å². The highest BCUT2D eigenvalue weighted by Gasteiger charge is 2.45. The zero-order chi connectivity index (χ0) is 32.5. The van der Waals surface area contributed by atoms with Gasteiger partial charge in [-0.3, -0.25) is 9.59 Å². The van der Waals surface area contributed by atoms with E-state index in [9.17, 15) is 14.8 Å². The first-order valence-electron chi connectivity index (χ1n) is 16.2. The molecule has 3 aliphatic heterocycles. The highest BCUT2D eigenvalue weighted by atomic mass is 19.1. The Morgan fingerprint density at radius 2 is 1.78 bits per heavy atom. The zero-order valence-electron chi connectivity index (χ0n) is 27.1. The molecule has 46 heavy (non-hydrogen) atoms. The molecule has 4 aromatic rings. The minimum atomic E-state index is -0.640. The maximum atomic E-state index is 16.2. The summed E-state index contributed by atoms with van der Waals surface area (Å²) in [7, 11) is 2.09. The zero-order valence-corrected chi connectivity index (χ0v) is 27.1. The van der Waals surface area contributed by atoms with Crippen molar-refractivity contribution >= 4 is 33.3 Å². The summed E-state index contributed by atoms with van der Waals surface area (Å²) >= 11 is 0. The molecule has 0 saturated carbocycles. The van der Waals surface area contributed by atoms with Crippen LogP contribution >= 0.6 is 0 Å². The third kappa shape index (κ3) is 5.12. The number of halogens is 1. The van der Waals surface area contributed by atoms with E-state index in [1.165, 1.54) is 11.1 Å². The SMILES string of the molecule is CN1CCCC1CCNC(=O)c1cn2c3c(c(NC4CC(C)(C)N(O)C(C)(C)C4)c(F)cc3c1=O)Oc1cc3ccccc3cc1-2. The van der Waals surface area contributed by atoms with Crippen molar-refractivity contribution in [2.75, 3.05) is 25.5 Å². The molecule has 0 radical (unpaired) electrons. The Labute approximate surface area is 267 Å². The molecule has 10 heteroatoms. The number of pyridine rings is 1. The molecule has 1 unspecified atom stereocenters. The number of anilines is 1. The van der Waals surface area contributed by atoms with Crippen LogP contribution in [0.15, 0.2) is 53.5 Å². The fraction of sp³-hybridized carbons (Fsp3) is 0.444. The summed E-state index contributed by atoms with van der Waals surface area (Å²) < 4.78 is 24.5. The summed E-state index contributed by atoms with van der Waals surface area (Å²) in [5.74, 6) is -0.423. The van der Waals surface area contributed by atoms with Crippen molar-refractivity contribution in [3.63, 3.8) is 0 Å². The number of nitrogens with one attached hydrogen (secondary N) is 2. The van der Waals surface area contributed by atoms with Crippen LogP contribution < -0.4 is 20.8 Å². The standard InChI is InChI=1S/C36H42FN5O4/c1-35(2)18-23(19-36(3,4)42(35)45)39-30-27(37)17-25-31-33(30)46-29-16-22-10-7-6-9-21(22)15-28(29)41(31)20-26(32(25)43)34(44)38-13-12-24-11-8-14-40(24)5/h6-7,9-10,15-17,20,23-24,39,45H,8,11-14,18-19H2,1-5H3,(H,38,44). The minimum Gasteiger partial charge on any atom is -0.451 e. The van der Waals surface area contributed by atoms with Crippen LogP contribution in [0.1, 0.15) is 70.2 Å². The molecule has 0 spiro atoms. The Hall–Kier alpha value is -3.99. The third-order valence-electron chi connectivity index (χ3n) is 10.2. The summed E-state index contributed by atoms with van der Waals surface area (Å²) in [6, 6.07) is 13.2. The van der Waals surface area contributed by atoms with Crippen LogP contribution in [0.4, 0.5) is 10.1 Å². The van der Waals surface area contributed by atoms with Gasteiger partial charge in [0.1, 0.15) is 16.8 Å². The van der Waals surface area contributed by atoms with Crippen molar-refractivity contribution in [2.45, 2.75) is 83.0 Å². The number of likely N-dealkylation sites (tertiary alicyclic amines) is 1. The van der Waals surface area contributed by atoms with Crippen LogP contribution in [-0.2, 0) is 0 Å². The van der Waals surface area contributed by atoms with E-state index in [1.54, 1.807) is 10.8 Å². The van der Waals surface area contributed by atoms with Gasteiger partial charge < -0.3 is 30.0 Å². The highest BCUT2D eigenvalue weighted by molar-refractivity contribution is 6.02. The van der Waals surface area contributed by atoms with Gasteiger partial charge in [-0.25, -0.2) is 4.39 Å². The first-order valence-corrected chi connectivity index (χ1v) is 16.2. The largest absolute Gasteiger partial charge is 0.451 e. The average molecular weight is 628 g/mol. The second-order valence-electron chi connectivity index (χ2n) is 14.5. The molecule has 3 aliphatic rings. The lowest BCUT2D eigenvalue weighted by atomic mass is 9.79. The van der Waals surface area contributed by atoms with Crippen molar-refractivity contribution in [2.24, 2.45) is 0 Å². The van der Waals surface area contributed by atoms with Crippen LogP contribution in [0, 0.1) is 5.82 Å². The molecule has 1 aromatic heterocycles. The van der Waals surface area contributed by atoms with E-state index < -0.39 is 28.2 Å². The second kappa shape index (κ2) is 11.1. The first kappa shape index (κ1) is 30.7. The van der Waals surface area contributed by atoms with Crippen LogP contribution in [0.5, 0.6) is 11.5 Å². The third-order valence-corrected chi connectivity index (χ3v) is 10.2. The number of carbonyl (C=O) groups excluding carboxylic acids is 1. The number of hydrogen-bond donors (Lipinski definition) is 3. The number of hydrogen-bond acceptors (Lipinski definition) is 7. The van der Waals surface area contributed by atoms with Crippen molar-refractivity contribution < 1.29 is 19.1 Å². The molecule has 9 nitrogen and oxygen atoms in total. The molecule has 242 valence electrons. The van der Waals surface area contributed by atoms with Crippen molar-refractivity contribution in [3.05, 3.63) is 70.3 Å². The molecule has 7 rings (SSSR count). The molecule has 0 bridgehead atoms. The lowest BCUT2D eigenvalue weighted by Crippen LogP contribution is -2.61. The predicted molar refractivity (Wildman–Crippen MR) is 178 cm³/mol. The second-order valence-corrected chi connectivity index (χ2v) is 14.5. The van der Waals surface area contributed by atoms with Gasteiger partial charge in [-0.05, 0) is 102 Å². The normalized spacial score (nSPS) is 20.9. The molecular formula is C36H42FN5O4. The number of nitrogens with zero attached hydrogens (tertiary/aromatic N) is 3. The van der Waals surface area contributed by atoms with Crippen LogP contribution in [0.25, 0.3) is 27.4 Å². The number of carbonyl (C=O) groups is 1. The molecule has 3 N–H and O–H groups in total. The summed E-state index contributed by atoms with van der Waals surface area (Å²) in [6.07, 6.45) is 5.69. The molecule has 0 aliphatic carbocycles. The molecule has 1 amide bonds. The maximum Gasteiger partial charge on any atom is 0.256 e. The van der Waals surface area contributed by atoms with E-state index in [1.807, 2.05) is 64.1 Å². The summed E-state index contributed by atoms with van der Waals surface area (Å²) in [6.45, 7) is 9.31. The molecule has 2 fully saturated rings. The molecule has 1 atom stereocenters. The monoisotopic (exact) mass is 627 g/mol. The van der Waals surface area contributed by atoms with Gasteiger partial charge in [0.15, 0.2) is 17.3 Å². The number of rotatable bonds is 6. The molecular weight excluding hydrogens is 585 g/mol. The number of ether oxygens (including phenoxy) is 1. The predicted octanol–water partition coefficient (Wildman–Crippen LogP) is 6.43. The minimum absolute atomic E-state index is 0.0434. The van der Waals surface area contributed by atoms with Crippen molar-refractivity contribution in [1.82, 2.24) is 19.8 Å². The van der Waals surface area contributed by atoms with Gasteiger partial charge in [0.2, 0.25) is 5.43 Å². The smallest absolute Gasteiger partial charge is 0.256 e. The average Bonchev–Trinajstić information content (AvgIpc) is 3.41. The quantitative estimate of drug-likeness (QED) is 0.200. The van der Waals surface area contributed by atoms with Gasteiger partial charge >= 0.3 is 0 Å². The Balaban J connectivity index is 1.34. The number of fused-ring (bicyclic) bond motifs is 3. The number of hydroxylamine groups is 2. The van der Waals surface area contributed by atoms with Crippen LogP contribution in [0.2, 0.25) is 0 Å². The fourth-order valence-electron chi connectivity index (χ4n) is 7.97. The maximum absolute atomic E-state index is 16.2. The molecule has 2 saturated heterocycles. The van der Waals surface area contributed by atoms with Gasteiger partial charge in [0.25, 0.3) is 5.91 Å². The van der Waals surface area contributed by atoms with Gasteiger partial charge in [-0.1, -0.05) is 24.3 Å². The summed E-state index contributed by atoms with van der Waals surface area (Å²) in [4.78, 5) is 29.7. The van der Waals surface area contributed by atoms with E-state index in [0.29, 0.717) is 42.4 Å². The van der Waals surface area contributed by atoms with Gasteiger partial charge in [-0.2, -0.15) is 5.06 Å². The van der Waals surface area contributed by atoms with Crippen LogP contribution in [-0.4, -0.2) is 68.9 Å². The van der Waals surface area contributed by atoms with Gasteiger partial charge in [0.05, 0.1) is 11.1 Å². The van der Waals surface area contributed by atoms with E-state index in [-0.39, 0.29) is 28.4 Å². The number of aromatic nitrogens is 1. The summed E-state index contributed by atoms with van der Waals surface area (Å²) in [5, 5.41) is 20.6. The Bertz CT molecular complexity index is 1920. The Kier molecular flexibility index (Phi) is 7.38. The van der Waals surface area contributed by atoms with Crippen molar-refractivity contribution in [3.8, 4) is 17.2 Å². The number of piperidine rings is 1. The first-order chi connectivity index (χ1) is 21.8. The van der Waals surface area contributed by atoms with Gasteiger partial charge in [0, 0.05) is 35.9 Å². The lowest BCUT2D eigenvalue weighted by Gasteiger charge is -2.51.